The van der Waals surface area contributed by atoms with Crippen molar-refractivity contribution in [3.05, 3.63) is 28.3 Å². The maximum absolute atomic E-state index is 5.92. The van der Waals surface area contributed by atoms with Crippen molar-refractivity contribution in [1.29, 1.82) is 0 Å². The second kappa shape index (κ2) is 5.87. The molecule has 0 radical (unpaired) electrons. The smallest absolute Gasteiger partial charge is 0.0458 e. The highest BCUT2D eigenvalue weighted by Crippen LogP contribution is 2.22. The van der Waals surface area contributed by atoms with Gasteiger partial charge in [-0.3, -0.25) is 0 Å². The van der Waals surface area contributed by atoms with Crippen molar-refractivity contribution >= 4 is 17.3 Å². The van der Waals surface area contributed by atoms with Crippen LogP contribution in [0.3, 0.4) is 0 Å². The molecular formula is C11H18ClN. The van der Waals surface area contributed by atoms with Gasteiger partial charge in [-0.25, -0.2) is 0 Å². The van der Waals surface area contributed by atoms with E-state index in [4.69, 9.17) is 17.3 Å². The number of hydrogen-bond acceptors (Lipinski definition) is 1. The van der Waals surface area contributed by atoms with E-state index >= 15 is 0 Å². The van der Waals surface area contributed by atoms with Gasteiger partial charge in [-0.2, -0.15) is 0 Å². The number of benzene rings is 1. The number of rotatable bonds is 1. The lowest BCUT2D eigenvalue weighted by molar-refractivity contribution is 1.11. The maximum Gasteiger partial charge on any atom is 0.0458 e. The van der Waals surface area contributed by atoms with Gasteiger partial charge in [0.2, 0.25) is 0 Å². The second-order valence-corrected chi connectivity index (χ2v) is 3.05. The van der Waals surface area contributed by atoms with Crippen LogP contribution in [0.15, 0.2) is 12.1 Å². The summed E-state index contributed by atoms with van der Waals surface area (Å²) in [5.74, 6) is 0. The fourth-order valence-corrected chi connectivity index (χ4v) is 1.37. The molecular weight excluding hydrogens is 182 g/mol. The van der Waals surface area contributed by atoms with Gasteiger partial charge in [0, 0.05) is 10.7 Å². The molecule has 1 aromatic carbocycles. The summed E-state index contributed by atoms with van der Waals surface area (Å²) in [4.78, 5) is 0. The standard InChI is InChI=1S/C9H12ClN.C2H6/c1-3-7-4-8(11)5-9(10)6(7)2;1-2/h4-5H,3,11H2,1-2H3;1-2H3. The minimum absolute atomic E-state index is 0.748. The van der Waals surface area contributed by atoms with Crippen LogP contribution < -0.4 is 5.73 Å². The van der Waals surface area contributed by atoms with Gasteiger partial charge in [0.05, 0.1) is 0 Å². The topological polar surface area (TPSA) is 26.0 Å². The van der Waals surface area contributed by atoms with Crippen LogP contribution in [0, 0.1) is 6.92 Å². The van der Waals surface area contributed by atoms with Crippen molar-refractivity contribution in [3.8, 4) is 0 Å². The Labute approximate surface area is 85.9 Å². The molecule has 74 valence electrons. The first kappa shape index (κ1) is 12.3. The monoisotopic (exact) mass is 199 g/mol. The Balaban J connectivity index is 0.000000671. The van der Waals surface area contributed by atoms with Crippen LogP contribution >= 0.6 is 11.6 Å². The SMILES string of the molecule is CC.CCc1cc(N)cc(Cl)c1C. The molecule has 0 aliphatic rings. The Hall–Kier alpha value is -0.690. The quantitative estimate of drug-likeness (QED) is 0.684. The molecule has 0 saturated heterocycles. The van der Waals surface area contributed by atoms with E-state index in [9.17, 15) is 0 Å². The number of nitrogen functional groups attached to an aromatic ring is 1. The number of halogens is 1. The molecule has 0 heterocycles. The highest BCUT2D eigenvalue weighted by atomic mass is 35.5. The molecule has 1 nitrogen and oxygen atoms in total. The molecule has 0 unspecified atom stereocenters. The first-order valence-electron chi connectivity index (χ1n) is 4.69. The van der Waals surface area contributed by atoms with Crippen LogP contribution in [0.25, 0.3) is 0 Å². The van der Waals surface area contributed by atoms with Gasteiger partial charge in [0.25, 0.3) is 0 Å². The second-order valence-electron chi connectivity index (χ2n) is 2.64. The fourth-order valence-electron chi connectivity index (χ4n) is 1.13. The molecule has 0 bridgehead atoms. The highest BCUT2D eigenvalue weighted by Gasteiger charge is 2.01. The van der Waals surface area contributed by atoms with Crippen molar-refractivity contribution in [3.63, 3.8) is 0 Å². The molecule has 0 aliphatic heterocycles. The summed E-state index contributed by atoms with van der Waals surface area (Å²) >= 11 is 5.92. The van der Waals surface area contributed by atoms with Gasteiger partial charge >= 0.3 is 0 Å². The Morgan fingerprint density at radius 2 is 1.85 bits per heavy atom. The number of nitrogens with two attached hydrogens (primary N) is 1. The summed E-state index contributed by atoms with van der Waals surface area (Å²) in [7, 11) is 0. The Kier molecular flexibility index (Phi) is 5.56. The minimum Gasteiger partial charge on any atom is -0.399 e. The van der Waals surface area contributed by atoms with Crippen LogP contribution in [-0.2, 0) is 6.42 Å². The Bertz CT molecular complexity index is 269. The molecule has 13 heavy (non-hydrogen) atoms. The van der Waals surface area contributed by atoms with E-state index < -0.39 is 0 Å². The fraction of sp³-hybridized carbons (Fsp3) is 0.455. The van der Waals surface area contributed by atoms with Gasteiger partial charge < -0.3 is 5.73 Å². The van der Waals surface area contributed by atoms with E-state index in [0.717, 1.165) is 22.7 Å². The molecule has 1 aromatic rings. The maximum atomic E-state index is 5.92. The van der Waals surface area contributed by atoms with Crippen LogP contribution in [0.4, 0.5) is 5.69 Å². The normalized spacial score (nSPS) is 9.00. The summed E-state index contributed by atoms with van der Waals surface area (Å²) in [5, 5.41) is 0.766. The van der Waals surface area contributed by atoms with Crippen LogP contribution in [0.1, 0.15) is 31.9 Å². The zero-order valence-electron chi connectivity index (χ0n) is 8.82. The molecule has 0 aliphatic carbocycles. The summed E-state index contributed by atoms with van der Waals surface area (Å²) in [6.07, 6.45) is 0.983. The third kappa shape index (κ3) is 3.27. The number of aryl methyl sites for hydroxylation is 1. The molecule has 0 amide bonds. The zero-order chi connectivity index (χ0) is 10.4. The van der Waals surface area contributed by atoms with Gasteiger partial charge in [0.15, 0.2) is 0 Å². The summed E-state index contributed by atoms with van der Waals surface area (Å²) in [6.45, 7) is 8.11. The zero-order valence-corrected chi connectivity index (χ0v) is 9.57. The van der Waals surface area contributed by atoms with Gasteiger partial charge in [-0.05, 0) is 36.6 Å². The lowest BCUT2D eigenvalue weighted by Crippen LogP contribution is -1.92. The van der Waals surface area contributed by atoms with E-state index in [1.165, 1.54) is 5.56 Å². The lowest BCUT2D eigenvalue weighted by Gasteiger charge is -2.05. The molecule has 1 rings (SSSR count). The lowest BCUT2D eigenvalue weighted by atomic mass is 10.1. The Morgan fingerprint density at radius 1 is 1.31 bits per heavy atom. The first-order valence-corrected chi connectivity index (χ1v) is 5.07. The molecule has 2 heteroatoms. The van der Waals surface area contributed by atoms with Gasteiger partial charge in [0.1, 0.15) is 0 Å². The predicted octanol–water partition coefficient (Wildman–Crippen LogP) is 3.82. The average Bonchev–Trinajstić information content (AvgIpc) is 2.14. The average molecular weight is 200 g/mol. The van der Waals surface area contributed by atoms with Crippen molar-refractivity contribution in [2.75, 3.05) is 5.73 Å². The number of anilines is 1. The third-order valence-corrected chi connectivity index (χ3v) is 2.25. The van der Waals surface area contributed by atoms with E-state index in [0.29, 0.717) is 0 Å². The molecule has 0 atom stereocenters. The van der Waals surface area contributed by atoms with Crippen molar-refractivity contribution in [2.45, 2.75) is 34.1 Å². The summed E-state index contributed by atoms with van der Waals surface area (Å²) < 4.78 is 0. The van der Waals surface area contributed by atoms with Crippen molar-refractivity contribution in [2.24, 2.45) is 0 Å². The van der Waals surface area contributed by atoms with E-state index in [1.807, 2.05) is 26.8 Å². The first-order chi connectivity index (χ1) is 6.15. The summed E-state index contributed by atoms with van der Waals surface area (Å²) in [6, 6.07) is 3.76. The minimum atomic E-state index is 0.748. The van der Waals surface area contributed by atoms with E-state index in [2.05, 4.69) is 6.92 Å². The van der Waals surface area contributed by atoms with Gasteiger partial charge in [-0.15, -0.1) is 0 Å². The van der Waals surface area contributed by atoms with Crippen molar-refractivity contribution in [1.82, 2.24) is 0 Å². The molecule has 0 fully saturated rings. The molecule has 0 saturated carbocycles. The Morgan fingerprint density at radius 3 is 2.31 bits per heavy atom. The third-order valence-electron chi connectivity index (χ3n) is 1.86. The highest BCUT2D eigenvalue weighted by molar-refractivity contribution is 6.31. The predicted molar refractivity (Wildman–Crippen MR) is 61.3 cm³/mol. The van der Waals surface area contributed by atoms with Crippen molar-refractivity contribution < 1.29 is 0 Å². The van der Waals surface area contributed by atoms with E-state index in [-0.39, 0.29) is 0 Å². The van der Waals surface area contributed by atoms with Crippen LogP contribution in [0.5, 0.6) is 0 Å². The molecule has 0 spiro atoms. The van der Waals surface area contributed by atoms with Crippen LogP contribution in [0.2, 0.25) is 5.02 Å². The molecule has 0 aromatic heterocycles. The van der Waals surface area contributed by atoms with Gasteiger partial charge in [-0.1, -0.05) is 32.4 Å². The van der Waals surface area contributed by atoms with Crippen LogP contribution in [-0.4, -0.2) is 0 Å². The molecule has 2 N–H and O–H groups in total. The number of hydrogen-bond donors (Lipinski definition) is 1. The summed E-state index contributed by atoms with van der Waals surface area (Å²) in [5.41, 5.74) is 8.74. The van der Waals surface area contributed by atoms with E-state index in [1.54, 1.807) is 6.07 Å². The largest absolute Gasteiger partial charge is 0.399 e.